The van der Waals surface area contributed by atoms with Crippen LogP contribution in [0.1, 0.15) is 28.3 Å². The van der Waals surface area contributed by atoms with Gasteiger partial charge in [0.15, 0.2) is 11.9 Å². The fraction of sp³-hybridized carbons (Fsp3) is 0.238. The number of halogens is 10. The molecule has 1 aromatic heterocycles. The molecule has 0 saturated heterocycles. The zero-order valence-corrected chi connectivity index (χ0v) is 19.1. The van der Waals surface area contributed by atoms with Crippen molar-refractivity contribution >= 4 is 40.8 Å². The number of aromatic nitrogens is 1. The summed E-state index contributed by atoms with van der Waals surface area (Å²) in [4.78, 5) is 11.3. The van der Waals surface area contributed by atoms with Crippen LogP contribution >= 0.6 is 34.8 Å². The third-order valence-corrected chi connectivity index (χ3v) is 5.83. The van der Waals surface area contributed by atoms with Gasteiger partial charge in [0.2, 0.25) is 0 Å². The van der Waals surface area contributed by atoms with Crippen molar-refractivity contribution < 1.29 is 45.2 Å². The first-order valence-electron chi connectivity index (χ1n) is 9.36. The fourth-order valence-electron chi connectivity index (χ4n) is 3.21. The van der Waals surface area contributed by atoms with E-state index in [1.807, 2.05) is 0 Å². The van der Waals surface area contributed by atoms with Gasteiger partial charge in [-0.2, -0.15) is 26.3 Å². The maximum atomic E-state index is 13.5. The Bertz CT molecular complexity index is 1230. The van der Waals surface area contributed by atoms with Crippen molar-refractivity contribution in [3.8, 4) is 22.6 Å². The molecular formula is C21H11Cl3F7NO3. The van der Waals surface area contributed by atoms with Crippen LogP contribution in [0.4, 0.5) is 30.7 Å². The fourth-order valence-corrected chi connectivity index (χ4v) is 4.09. The number of hydrogen-bond acceptors (Lipinski definition) is 3. The zero-order chi connectivity index (χ0) is 26.3. The number of aromatic carboxylic acids is 1. The molecule has 4 nitrogen and oxygen atoms in total. The first-order valence-corrected chi connectivity index (χ1v) is 10.5. The summed E-state index contributed by atoms with van der Waals surface area (Å²) in [5.74, 6) is -4.27. The number of carboxylic acid groups (broad SMARTS) is 1. The van der Waals surface area contributed by atoms with Gasteiger partial charge in [-0.25, -0.2) is 9.18 Å². The summed E-state index contributed by atoms with van der Waals surface area (Å²) < 4.78 is 96.5. The van der Waals surface area contributed by atoms with Gasteiger partial charge in [0.05, 0.1) is 32.1 Å². The molecule has 0 aliphatic heterocycles. The zero-order valence-electron chi connectivity index (χ0n) is 16.8. The van der Waals surface area contributed by atoms with Gasteiger partial charge >= 0.3 is 18.3 Å². The van der Waals surface area contributed by atoms with Gasteiger partial charge in [0.1, 0.15) is 5.69 Å². The van der Waals surface area contributed by atoms with Crippen molar-refractivity contribution in [1.29, 1.82) is 0 Å². The van der Waals surface area contributed by atoms with Gasteiger partial charge < -0.3 is 9.63 Å². The molecule has 14 heteroatoms. The van der Waals surface area contributed by atoms with Gasteiger partial charge in [-0.1, -0.05) is 46.0 Å². The van der Waals surface area contributed by atoms with Crippen molar-refractivity contribution in [2.45, 2.75) is 30.9 Å². The van der Waals surface area contributed by atoms with Crippen LogP contribution in [0.3, 0.4) is 0 Å². The minimum absolute atomic E-state index is 0.0353. The highest BCUT2D eigenvalue weighted by atomic mass is 35.5. The molecule has 1 heterocycles. The normalized spacial score (nSPS) is 14.1. The topological polar surface area (TPSA) is 63.3 Å². The molecule has 0 amide bonds. The Kier molecular flexibility index (Phi) is 7.64. The molecule has 0 spiro atoms. The highest BCUT2D eigenvalue weighted by Crippen LogP contribution is 2.45. The van der Waals surface area contributed by atoms with Crippen LogP contribution in [0, 0.1) is 0 Å². The van der Waals surface area contributed by atoms with E-state index in [4.69, 9.17) is 39.3 Å². The maximum absolute atomic E-state index is 13.5. The van der Waals surface area contributed by atoms with Crippen LogP contribution in [0.25, 0.3) is 22.6 Å². The molecule has 2 aromatic carbocycles. The van der Waals surface area contributed by atoms with E-state index in [1.54, 1.807) is 0 Å². The highest BCUT2D eigenvalue weighted by molar-refractivity contribution is 6.39. The average molecular weight is 565 g/mol. The van der Waals surface area contributed by atoms with Crippen molar-refractivity contribution in [3.05, 3.63) is 62.6 Å². The van der Waals surface area contributed by atoms with Gasteiger partial charge in [-0.05, 0) is 29.8 Å². The lowest BCUT2D eigenvalue weighted by molar-refractivity contribution is -0.200. The molecule has 2 unspecified atom stereocenters. The lowest BCUT2D eigenvalue weighted by atomic mass is 9.91. The Morgan fingerprint density at radius 2 is 1.54 bits per heavy atom. The summed E-state index contributed by atoms with van der Waals surface area (Å²) in [5, 5.41) is 12.1. The van der Waals surface area contributed by atoms with Crippen molar-refractivity contribution in [1.82, 2.24) is 5.16 Å². The molecule has 0 saturated carbocycles. The van der Waals surface area contributed by atoms with Crippen LogP contribution in [0.15, 0.2) is 40.9 Å². The SMILES string of the molecule is O=C(O)c1cc(-c2cc(-c3c(Cl)cc(C(CC(F)C(F)(F)F)C(F)(F)F)cc3Cl)on2)ccc1Cl. The Morgan fingerprint density at radius 1 is 0.943 bits per heavy atom. The second kappa shape index (κ2) is 9.87. The lowest BCUT2D eigenvalue weighted by Crippen LogP contribution is -2.31. The van der Waals surface area contributed by atoms with E-state index in [0.717, 1.165) is 12.1 Å². The number of hydrogen-bond donors (Lipinski definition) is 1. The van der Waals surface area contributed by atoms with Crippen molar-refractivity contribution in [2.24, 2.45) is 0 Å². The largest absolute Gasteiger partial charge is 0.478 e. The molecule has 0 bridgehead atoms. The number of alkyl halides is 7. The van der Waals surface area contributed by atoms with Crippen molar-refractivity contribution in [3.63, 3.8) is 0 Å². The van der Waals surface area contributed by atoms with Crippen LogP contribution in [-0.2, 0) is 0 Å². The molecule has 0 aliphatic rings. The molecule has 35 heavy (non-hydrogen) atoms. The summed E-state index contributed by atoms with van der Waals surface area (Å²) in [5.41, 5.74) is -0.751. The number of carboxylic acids is 1. The molecular weight excluding hydrogens is 554 g/mol. The molecule has 0 fully saturated rings. The van der Waals surface area contributed by atoms with E-state index < -0.39 is 52.4 Å². The third kappa shape index (κ3) is 6.02. The predicted octanol–water partition coefficient (Wildman–Crippen LogP) is 8.60. The number of nitrogens with zero attached hydrogens (tertiary/aromatic N) is 1. The molecule has 0 aliphatic carbocycles. The molecule has 3 aromatic rings. The standard InChI is InChI=1S/C21H11Cl3F7NO3/c22-12-2-1-8(3-10(12)19(33)34)15-7-16(35-32-15)18-13(23)4-9(5-14(18)24)11(20(26,27)28)6-17(25)21(29,30)31/h1-5,7,11,17H,6H2,(H,33,34). The minimum atomic E-state index is -5.48. The van der Waals surface area contributed by atoms with E-state index in [2.05, 4.69) is 5.16 Å². The van der Waals surface area contributed by atoms with Gasteiger partial charge in [0.25, 0.3) is 0 Å². The second-order valence-corrected chi connectivity index (χ2v) is 8.50. The van der Waals surface area contributed by atoms with Gasteiger partial charge in [0, 0.05) is 18.1 Å². The summed E-state index contributed by atoms with van der Waals surface area (Å²) in [7, 11) is 0. The molecule has 188 valence electrons. The highest BCUT2D eigenvalue weighted by Gasteiger charge is 2.49. The first-order chi connectivity index (χ1) is 16.1. The summed E-state index contributed by atoms with van der Waals surface area (Å²) in [6.07, 6.45) is -16.3. The van der Waals surface area contributed by atoms with Crippen LogP contribution in [-0.4, -0.2) is 34.8 Å². The lowest BCUT2D eigenvalue weighted by Gasteiger charge is -2.24. The van der Waals surface area contributed by atoms with Crippen molar-refractivity contribution in [2.75, 3.05) is 0 Å². The minimum Gasteiger partial charge on any atom is -0.478 e. The van der Waals surface area contributed by atoms with E-state index >= 15 is 0 Å². The molecule has 0 radical (unpaired) electrons. The quantitative estimate of drug-likeness (QED) is 0.305. The third-order valence-electron chi connectivity index (χ3n) is 4.91. The van der Waals surface area contributed by atoms with Crippen LogP contribution in [0.2, 0.25) is 15.1 Å². The summed E-state index contributed by atoms with van der Waals surface area (Å²) >= 11 is 18.0. The molecule has 2 atom stereocenters. The van der Waals surface area contributed by atoms with E-state index in [-0.39, 0.29) is 33.2 Å². The van der Waals surface area contributed by atoms with E-state index in [0.29, 0.717) is 0 Å². The number of rotatable bonds is 6. The number of benzene rings is 2. The summed E-state index contributed by atoms with van der Waals surface area (Å²) in [6, 6.07) is 6.66. The number of carbonyl (C=O) groups is 1. The van der Waals surface area contributed by atoms with E-state index in [9.17, 15) is 40.6 Å². The van der Waals surface area contributed by atoms with Gasteiger partial charge in [-0.3, -0.25) is 0 Å². The Labute approximate surface area is 207 Å². The average Bonchev–Trinajstić information content (AvgIpc) is 3.19. The first kappa shape index (κ1) is 27.1. The summed E-state index contributed by atoms with van der Waals surface area (Å²) in [6.45, 7) is 0. The molecule has 1 N–H and O–H groups in total. The van der Waals surface area contributed by atoms with Crippen LogP contribution < -0.4 is 0 Å². The Hall–Kier alpha value is -2.50. The van der Waals surface area contributed by atoms with E-state index in [1.165, 1.54) is 24.3 Å². The monoisotopic (exact) mass is 563 g/mol. The predicted molar refractivity (Wildman–Crippen MR) is 114 cm³/mol. The Balaban J connectivity index is 2.00. The smallest absolute Gasteiger partial charge is 0.419 e. The van der Waals surface area contributed by atoms with Crippen LogP contribution in [0.5, 0.6) is 0 Å². The second-order valence-electron chi connectivity index (χ2n) is 7.27. The van der Waals surface area contributed by atoms with Gasteiger partial charge in [-0.15, -0.1) is 0 Å². The molecule has 3 rings (SSSR count). The Morgan fingerprint density at radius 3 is 2.06 bits per heavy atom. The maximum Gasteiger partial charge on any atom is 0.419 e.